The van der Waals surface area contributed by atoms with Crippen LogP contribution in [0, 0.1) is 12.7 Å². The van der Waals surface area contributed by atoms with Gasteiger partial charge in [-0.25, -0.2) is 14.2 Å². The zero-order valence-electron chi connectivity index (χ0n) is 12.4. The van der Waals surface area contributed by atoms with Gasteiger partial charge in [-0.3, -0.25) is 9.20 Å². The number of hydrogen-bond acceptors (Lipinski definition) is 3. The van der Waals surface area contributed by atoms with Crippen molar-refractivity contribution in [2.45, 2.75) is 6.92 Å². The highest BCUT2D eigenvalue weighted by atomic mass is 79.9. The highest BCUT2D eigenvalue weighted by Gasteiger charge is 2.19. The monoisotopic (exact) mass is 391 g/mol. The second-order valence-electron chi connectivity index (χ2n) is 5.07. The third-order valence-corrected chi connectivity index (χ3v) is 3.93. The number of nitrogens with zero attached hydrogens (tertiary/aromatic N) is 2. The van der Waals surface area contributed by atoms with E-state index in [2.05, 4.69) is 26.2 Å². The number of aryl methyl sites for hydroxylation is 1. The predicted molar refractivity (Wildman–Crippen MR) is 88.9 cm³/mol. The summed E-state index contributed by atoms with van der Waals surface area (Å²) in [6.07, 6.45) is 1.16. The molecule has 0 fully saturated rings. The van der Waals surface area contributed by atoms with E-state index in [1.165, 1.54) is 28.7 Å². The molecule has 122 valence electrons. The van der Waals surface area contributed by atoms with E-state index >= 15 is 0 Å². The molecule has 2 heterocycles. The first kappa shape index (κ1) is 16.1. The largest absolute Gasteiger partial charge is 0.478 e. The number of rotatable bonds is 3. The minimum Gasteiger partial charge on any atom is -0.478 e. The number of aromatic carboxylic acids is 1. The van der Waals surface area contributed by atoms with Gasteiger partial charge in [-0.05, 0) is 37.3 Å². The summed E-state index contributed by atoms with van der Waals surface area (Å²) in [5.74, 6) is -2.26. The van der Waals surface area contributed by atoms with Crippen molar-refractivity contribution in [1.29, 1.82) is 0 Å². The minimum absolute atomic E-state index is 0.0598. The minimum atomic E-state index is -1.17. The zero-order valence-corrected chi connectivity index (χ0v) is 14.0. The molecular weight excluding hydrogens is 381 g/mol. The molecule has 0 saturated heterocycles. The normalized spacial score (nSPS) is 10.8. The molecule has 2 aromatic heterocycles. The second-order valence-corrected chi connectivity index (χ2v) is 5.99. The van der Waals surface area contributed by atoms with Gasteiger partial charge in [0.2, 0.25) is 0 Å². The summed E-state index contributed by atoms with van der Waals surface area (Å²) in [5.41, 5.74) is 1.06. The van der Waals surface area contributed by atoms with Crippen LogP contribution in [0.3, 0.4) is 0 Å². The number of carbonyl (C=O) groups is 2. The van der Waals surface area contributed by atoms with Crippen LogP contribution in [0.5, 0.6) is 0 Å². The van der Waals surface area contributed by atoms with E-state index in [0.717, 1.165) is 6.20 Å². The van der Waals surface area contributed by atoms with Crippen LogP contribution in [-0.4, -0.2) is 26.4 Å². The summed E-state index contributed by atoms with van der Waals surface area (Å²) in [6.45, 7) is 1.62. The smallest absolute Gasteiger partial charge is 0.337 e. The Hall–Kier alpha value is -2.74. The number of amides is 1. The van der Waals surface area contributed by atoms with Crippen molar-refractivity contribution in [3.05, 3.63) is 63.8 Å². The van der Waals surface area contributed by atoms with E-state index < -0.39 is 17.7 Å². The molecule has 0 unspecified atom stereocenters. The highest BCUT2D eigenvalue weighted by molar-refractivity contribution is 9.10. The van der Waals surface area contributed by atoms with Gasteiger partial charge in [0.05, 0.1) is 16.9 Å². The van der Waals surface area contributed by atoms with Crippen LogP contribution in [-0.2, 0) is 0 Å². The molecule has 0 radical (unpaired) electrons. The highest BCUT2D eigenvalue weighted by Crippen LogP contribution is 2.22. The first-order valence-corrected chi connectivity index (χ1v) is 7.64. The topological polar surface area (TPSA) is 83.7 Å². The number of benzene rings is 1. The van der Waals surface area contributed by atoms with Gasteiger partial charge in [0.25, 0.3) is 5.91 Å². The summed E-state index contributed by atoms with van der Waals surface area (Å²) in [6, 6.07) is 7.19. The summed E-state index contributed by atoms with van der Waals surface area (Å²) in [7, 11) is 0. The second kappa shape index (κ2) is 6.04. The number of carboxylic acids is 1. The standard InChI is InChI=1S/C16H11BrFN3O3/c1-8-14(21-7-10(18)3-5-13(21)19-8)15(22)20-12-4-2-9(17)6-11(12)16(23)24/h2-7H,1H3,(H,20,22)(H,23,24). The van der Waals surface area contributed by atoms with Crippen LogP contribution >= 0.6 is 15.9 Å². The number of anilines is 1. The van der Waals surface area contributed by atoms with Gasteiger partial charge >= 0.3 is 5.97 Å². The lowest BCUT2D eigenvalue weighted by atomic mass is 10.1. The van der Waals surface area contributed by atoms with Crippen molar-refractivity contribution in [3.8, 4) is 0 Å². The molecular formula is C16H11BrFN3O3. The maximum Gasteiger partial charge on any atom is 0.337 e. The van der Waals surface area contributed by atoms with Crippen molar-refractivity contribution in [1.82, 2.24) is 9.38 Å². The van der Waals surface area contributed by atoms with Gasteiger partial charge in [-0.2, -0.15) is 0 Å². The van der Waals surface area contributed by atoms with Crippen LogP contribution in [0.1, 0.15) is 26.5 Å². The lowest BCUT2D eigenvalue weighted by Crippen LogP contribution is -2.17. The van der Waals surface area contributed by atoms with E-state index in [1.807, 2.05) is 0 Å². The Morgan fingerprint density at radius 2 is 2.04 bits per heavy atom. The molecule has 0 bridgehead atoms. The molecule has 1 aromatic carbocycles. The van der Waals surface area contributed by atoms with E-state index in [-0.39, 0.29) is 16.9 Å². The third-order valence-electron chi connectivity index (χ3n) is 3.43. The molecule has 6 nitrogen and oxygen atoms in total. The Morgan fingerprint density at radius 3 is 2.75 bits per heavy atom. The number of aromatic nitrogens is 2. The van der Waals surface area contributed by atoms with Crippen molar-refractivity contribution in [2.75, 3.05) is 5.32 Å². The van der Waals surface area contributed by atoms with E-state index in [1.54, 1.807) is 13.0 Å². The maximum atomic E-state index is 13.5. The van der Waals surface area contributed by atoms with Crippen LogP contribution in [0.4, 0.5) is 10.1 Å². The molecule has 0 aliphatic rings. The fraction of sp³-hybridized carbons (Fsp3) is 0.0625. The van der Waals surface area contributed by atoms with Crippen LogP contribution in [0.2, 0.25) is 0 Å². The summed E-state index contributed by atoms with van der Waals surface area (Å²) in [4.78, 5) is 28.1. The molecule has 0 aliphatic heterocycles. The Bertz CT molecular complexity index is 984. The van der Waals surface area contributed by atoms with E-state index in [0.29, 0.717) is 15.8 Å². The number of imidazole rings is 1. The average molecular weight is 392 g/mol. The van der Waals surface area contributed by atoms with Gasteiger partial charge in [-0.1, -0.05) is 15.9 Å². The molecule has 3 aromatic rings. The molecule has 8 heteroatoms. The summed E-state index contributed by atoms with van der Waals surface area (Å²) < 4.78 is 15.4. The molecule has 2 N–H and O–H groups in total. The number of carbonyl (C=O) groups excluding carboxylic acids is 1. The molecule has 0 aliphatic carbocycles. The average Bonchev–Trinajstić information content (AvgIpc) is 2.84. The van der Waals surface area contributed by atoms with Crippen molar-refractivity contribution in [3.63, 3.8) is 0 Å². The number of fused-ring (bicyclic) bond motifs is 1. The number of hydrogen-bond donors (Lipinski definition) is 2. The lowest BCUT2D eigenvalue weighted by molar-refractivity contribution is 0.0698. The number of nitrogens with one attached hydrogen (secondary N) is 1. The van der Waals surface area contributed by atoms with Gasteiger partial charge in [-0.15, -0.1) is 0 Å². The third kappa shape index (κ3) is 2.88. The summed E-state index contributed by atoms with van der Waals surface area (Å²) in [5, 5.41) is 11.8. The Kier molecular flexibility index (Phi) is 4.06. The molecule has 24 heavy (non-hydrogen) atoms. The SMILES string of the molecule is Cc1nc2ccc(F)cn2c1C(=O)Nc1ccc(Br)cc1C(=O)O. The van der Waals surface area contributed by atoms with Gasteiger partial charge < -0.3 is 10.4 Å². The number of pyridine rings is 1. The van der Waals surface area contributed by atoms with E-state index in [9.17, 15) is 19.1 Å². The molecule has 0 atom stereocenters. The zero-order chi connectivity index (χ0) is 17.4. The van der Waals surface area contributed by atoms with Crippen LogP contribution in [0.25, 0.3) is 5.65 Å². The van der Waals surface area contributed by atoms with Crippen LogP contribution in [0.15, 0.2) is 41.0 Å². The molecule has 0 saturated carbocycles. The molecule has 3 rings (SSSR count). The first-order valence-electron chi connectivity index (χ1n) is 6.85. The van der Waals surface area contributed by atoms with Crippen molar-refractivity contribution >= 4 is 39.1 Å². The first-order chi connectivity index (χ1) is 11.4. The summed E-state index contributed by atoms with van der Waals surface area (Å²) >= 11 is 3.19. The predicted octanol–water partition coefficient (Wildman–Crippen LogP) is 3.49. The fourth-order valence-electron chi connectivity index (χ4n) is 2.39. The van der Waals surface area contributed by atoms with E-state index in [4.69, 9.17) is 0 Å². The number of carboxylic acid groups (broad SMARTS) is 1. The maximum absolute atomic E-state index is 13.5. The quantitative estimate of drug-likeness (QED) is 0.715. The van der Waals surface area contributed by atoms with Gasteiger partial charge in [0.1, 0.15) is 17.2 Å². The molecule has 0 spiro atoms. The van der Waals surface area contributed by atoms with Crippen molar-refractivity contribution < 1.29 is 19.1 Å². The van der Waals surface area contributed by atoms with Crippen LogP contribution < -0.4 is 5.32 Å². The lowest BCUT2D eigenvalue weighted by Gasteiger charge is -2.09. The fourth-order valence-corrected chi connectivity index (χ4v) is 2.75. The van der Waals surface area contributed by atoms with Gasteiger partial charge in [0.15, 0.2) is 0 Å². The molecule has 1 amide bonds. The van der Waals surface area contributed by atoms with Crippen molar-refractivity contribution in [2.24, 2.45) is 0 Å². The Morgan fingerprint density at radius 1 is 1.29 bits per heavy atom. The number of halogens is 2. The Labute approximate surface area is 144 Å². The Balaban J connectivity index is 2.04. The van der Waals surface area contributed by atoms with Gasteiger partial charge in [0, 0.05) is 10.7 Å².